The number of aromatic nitrogens is 2. The zero-order chi connectivity index (χ0) is 34.3. The monoisotopic (exact) mass is 683 g/mol. The van der Waals surface area contributed by atoms with E-state index < -0.39 is 11.0 Å². The molecular formula is C36H46ClN3O6S. The van der Waals surface area contributed by atoms with Crippen LogP contribution in [0.1, 0.15) is 82.6 Å². The first-order valence-corrected chi connectivity index (χ1v) is 17.4. The number of esters is 1. The highest BCUT2D eigenvalue weighted by atomic mass is 35.5. The average molecular weight is 684 g/mol. The molecule has 47 heavy (non-hydrogen) atoms. The second kappa shape index (κ2) is 18.8. The molecule has 9 nitrogen and oxygen atoms in total. The van der Waals surface area contributed by atoms with Crippen LogP contribution in [0.4, 0.5) is 0 Å². The van der Waals surface area contributed by atoms with Crippen molar-refractivity contribution in [2.75, 3.05) is 39.3 Å². The largest absolute Gasteiger partial charge is 0.491 e. The summed E-state index contributed by atoms with van der Waals surface area (Å²) in [4.78, 5) is 20.2. The molecule has 0 fully saturated rings. The summed E-state index contributed by atoms with van der Waals surface area (Å²) < 4.78 is 28.1. The van der Waals surface area contributed by atoms with Crippen molar-refractivity contribution in [3.8, 4) is 17.6 Å². The van der Waals surface area contributed by atoms with E-state index in [1.54, 1.807) is 12.4 Å². The summed E-state index contributed by atoms with van der Waals surface area (Å²) in [7, 11) is 0. The molecule has 1 aromatic heterocycles. The van der Waals surface area contributed by atoms with Gasteiger partial charge in [-0.25, -0.2) is 14.8 Å². The third kappa shape index (κ3) is 13.0. The van der Waals surface area contributed by atoms with Gasteiger partial charge in [-0.2, -0.15) is 5.26 Å². The molecule has 3 rings (SSSR count). The van der Waals surface area contributed by atoms with Gasteiger partial charge in [-0.05, 0) is 88.1 Å². The number of carbonyl (C=O) groups is 1. The van der Waals surface area contributed by atoms with Crippen molar-refractivity contribution < 1.29 is 28.5 Å². The molecule has 0 atom stereocenters. The number of hydrogen-bond acceptors (Lipinski definition) is 10. The van der Waals surface area contributed by atoms with Crippen LogP contribution in [0.2, 0.25) is 5.02 Å². The van der Waals surface area contributed by atoms with Gasteiger partial charge in [-0.1, -0.05) is 49.3 Å². The van der Waals surface area contributed by atoms with Crippen LogP contribution in [0.15, 0.2) is 53.9 Å². The molecule has 0 unspecified atom stereocenters. The lowest BCUT2D eigenvalue weighted by Crippen LogP contribution is -2.26. The fourth-order valence-corrected chi connectivity index (χ4v) is 5.15. The van der Waals surface area contributed by atoms with Gasteiger partial charge in [0, 0.05) is 43.2 Å². The molecule has 0 saturated carbocycles. The van der Waals surface area contributed by atoms with Crippen LogP contribution in [-0.2, 0) is 31.0 Å². The van der Waals surface area contributed by atoms with Crippen LogP contribution in [-0.4, -0.2) is 60.8 Å². The number of nitriles is 1. The van der Waals surface area contributed by atoms with Crippen molar-refractivity contribution in [2.24, 2.45) is 0 Å². The van der Waals surface area contributed by atoms with E-state index in [1.807, 2.05) is 63.4 Å². The molecule has 0 amide bonds. The van der Waals surface area contributed by atoms with Gasteiger partial charge >= 0.3 is 5.97 Å². The standard InChI is InChI=1S/C36H46ClN3O6S/c1-35(2,3)46-32(41)25-43-17-10-16-42-15-8-7-9-18-44-33-27(21-38)19-29(20-31(33)37)36(4,5)28-11-13-30(14-12-28)45-24-26-22-39-34(47-6)40-23-26/h11-14,19-20,22-23H,7-10,15-18,24-25H2,1-6H3. The minimum absolute atomic E-state index is 0.0503. The van der Waals surface area contributed by atoms with Crippen LogP contribution in [0, 0.1) is 11.3 Å². The van der Waals surface area contributed by atoms with Gasteiger partial charge in [0.15, 0.2) is 10.9 Å². The molecule has 11 heteroatoms. The summed E-state index contributed by atoms with van der Waals surface area (Å²) in [6, 6.07) is 13.9. The summed E-state index contributed by atoms with van der Waals surface area (Å²) in [5.41, 5.74) is 2.35. The van der Waals surface area contributed by atoms with Crippen LogP contribution in [0.5, 0.6) is 11.5 Å². The molecule has 0 spiro atoms. The Morgan fingerprint density at radius 3 is 2.19 bits per heavy atom. The average Bonchev–Trinajstić information content (AvgIpc) is 3.04. The number of nitrogens with zero attached hydrogens (tertiary/aromatic N) is 3. The van der Waals surface area contributed by atoms with Crippen molar-refractivity contribution in [1.82, 2.24) is 9.97 Å². The first-order valence-electron chi connectivity index (χ1n) is 15.8. The van der Waals surface area contributed by atoms with E-state index in [0.29, 0.717) is 55.8 Å². The SMILES string of the molecule is CSc1ncc(COc2ccc(C(C)(C)c3cc(Cl)c(OCCCCCOCCCOCC(=O)OC(C)(C)C)c(C#N)c3)cc2)cn1. The lowest BCUT2D eigenvalue weighted by atomic mass is 9.77. The van der Waals surface area contributed by atoms with Gasteiger partial charge in [0.1, 0.15) is 30.6 Å². The minimum atomic E-state index is -0.509. The summed E-state index contributed by atoms with van der Waals surface area (Å²) in [5, 5.41) is 11.1. The number of benzene rings is 2. The van der Waals surface area contributed by atoms with Crippen LogP contribution < -0.4 is 9.47 Å². The van der Waals surface area contributed by atoms with E-state index in [9.17, 15) is 10.1 Å². The molecule has 3 aromatic rings. The van der Waals surface area contributed by atoms with Gasteiger partial charge in [-0.15, -0.1) is 0 Å². The first kappa shape index (κ1) is 38.1. The van der Waals surface area contributed by atoms with E-state index in [-0.39, 0.29) is 12.6 Å². The number of ether oxygens (including phenoxy) is 5. The van der Waals surface area contributed by atoms with Crippen LogP contribution >= 0.6 is 23.4 Å². The maximum Gasteiger partial charge on any atom is 0.332 e. The van der Waals surface area contributed by atoms with Crippen molar-refractivity contribution in [1.29, 1.82) is 5.26 Å². The van der Waals surface area contributed by atoms with E-state index in [0.717, 1.165) is 46.9 Å². The maximum atomic E-state index is 11.6. The Labute approximate surface area is 288 Å². The number of carbonyl (C=O) groups excluding carboxylic acids is 1. The summed E-state index contributed by atoms with van der Waals surface area (Å²) in [6.45, 7) is 12.1. The topological polar surface area (TPSA) is 113 Å². The fourth-order valence-electron chi connectivity index (χ4n) is 4.56. The molecule has 254 valence electrons. The number of hydrogen-bond donors (Lipinski definition) is 0. The van der Waals surface area contributed by atoms with E-state index >= 15 is 0 Å². The second-order valence-electron chi connectivity index (χ2n) is 12.5. The highest BCUT2D eigenvalue weighted by Gasteiger charge is 2.26. The Balaban J connectivity index is 1.40. The fraction of sp³-hybridized carbons (Fsp3) is 0.500. The van der Waals surface area contributed by atoms with E-state index in [1.165, 1.54) is 11.8 Å². The van der Waals surface area contributed by atoms with Gasteiger partial charge < -0.3 is 23.7 Å². The van der Waals surface area contributed by atoms with Gasteiger partial charge in [0.2, 0.25) is 0 Å². The molecule has 0 aliphatic carbocycles. The zero-order valence-electron chi connectivity index (χ0n) is 28.3. The summed E-state index contributed by atoms with van der Waals surface area (Å²) >= 11 is 8.16. The molecule has 1 heterocycles. The predicted octanol–water partition coefficient (Wildman–Crippen LogP) is 7.94. The number of thioether (sulfide) groups is 1. The Bertz CT molecular complexity index is 1450. The summed E-state index contributed by atoms with van der Waals surface area (Å²) in [5.74, 6) is 0.790. The summed E-state index contributed by atoms with van der Waals surface area (Å²) in [6.07, 6.45) is 8.80. The number of halogens is 1. The quantitative estimate of drug-likeness (QED) is 0.0534. The highest BCUT2D eigenvalue weighted by molar-refractivity contribution is 7.98. The van der Waals surface area contributed by atoms with E-state index in [4.69, 9.17) is 35.3 Å². The van der Waals surface area contributed by atoms with Gasteiger partial charge in [0.05, 0.1) is 17.2 Å². The maximum absolute atomic E-state index is 11.6. The normalized spacial score (nSPS) is 11.6. The molecule has 0 aliphatic heterocycles. The van der Waals surface area contributed by atoms with Crippen molar-refractivity contribution >= 4 is 29.3 Å². The first-order chi connectivity index (χ1) is 22.4. The van der Waals surface area contributed by atoms with E-state index in [2.05, 4.69) is 29.9 Å². The molecule has 0 radical (unpaired) electrons. The third-order valence-corrected chi connectivity index (χ3v) is 7.98. The lowest BCUT2D eigenvalue weighted by Gasteiger charge is -2.27. The molecule has 0 aliphatic rings. The third-order valence-electron chi connectivity index (χ3n) is 7.13. The Morgan fingerprint density at radius 2 is 1.53 bits per heavy atom. The predicted molar refractivity (Wildman–Crippen MR) is 184 cm³/mol. The zero-order valence-corrected chi connectivity index (χ0v) is 29.8. The highest BCUT2D eigenvalue weighted by Crippen LogP contribution is 2.38. The van der Waals surface area contributed by atoms with Gasteiger partial charge in [-0.3, -0.25) is 0 Å². The molecular weight excluding hydrogens is 638 g/mol. The van der Waals surface area contributed by atoms with Crippen LogP contribution in [0.3, 0.4) is 0 Å². The smallest absolute Gasteiger partial charge is 0.332 e. The molecule has 0 N–H and O–H groups in total. The number of unbranched alkanes of at least 4 members (excludes halogenated alkanes) is 2. The number of rotatable bonds is 19. The minimum Gasteiger partial charge on any atom is -0.491 e. The molecule has 2 aromatic carbocycles. The molecule has 0 bridgehead atoms. The van der Waals surface area contributed by atoms with Crippen molar-refractivity contribution in [3.05, 3.63) is 76.1 Å². The van der Waals surface area contributed by atoms with Crippen LogP contribution in [0.25, 0.3) is 0 Å². The van der Waals surface area contributed by atoms with Gasteiger partial charge in [0.25, 0.3) is 0 Å². The van der Waals surface area contributed by atoms with Crippen molar-refractivity contribution in [3.63, 3.8) is 0 Å². The second-order valence-corrected chi connectivity index (χ2v) is 13.7. The Kier molecular flexibility index (Phi) is 15.3. The lowest BCUT2D eigenvalue weighted by molar-refractivity contribution is -0.160. The molecule has 0 saturated heterocycles. The van der Waals surface area contributed by atoms with Crippen molar-refractivity contribution in [2.45, 2.75) is 83.1 Å². The Morgan fingerprint density at radius 1 is 0.872 bits per heavy atom. The Hall–Kier alpha value is -3.36.